The number of halogens is 2. The van der Waals surface area contributed by atoms with Crippen LogP contribution in [0.3, 0.4) is 0 Å². The number of rotatable bonds is 4. The van der Waals surface area contributed by atoms with Crippen LogP contribution in [0.4, 0.5) is 4.39 Å². The van der Waals surface area contributed by atoms with E-state index in [0.29, 0.717) is 12.1 Å². The average Bonchev–Trinajstić information content (AvgIpc) is 2.69. The molecule has 0 aliphatic carbocycles. The molecule has 2 N–H and O–H groups in total. The van der Waals surface area contributed by atoms with Gasteiger partial charge in [0.1, 0.15) is 11.5 Å². The Morgan fingerprint density at radius 2 is 2.06 bits per heavy atom. The van der Waals surface area contributed by atoms with Crippen molar-refractivity contribution in [3.8, 4) is 11.3 Å². The predicted molar refractivity (Wildman–Crippen MR) is 67.6 cm³/mol. The predicted octanol–water partition coefficient (Wildman–Crippen LogP) is 3.00. The zero-order chi connectivity index (χ0) is 13.1. The number of aryl methyl sites for hydroxylation is 1. The molecule has 1 aromatic carbocycles. The zero-order valence-corrected chi connectivity index (χ0v) is 10.9. The highest BCUT2D eigenvalue weighted by Gasteiger charge is 2.13. The van der Waals surface area contributed by atoms with Crippen molar-refractivity contribution in [3.63, 3.8) is 0 Å². The third-order valence-corrected chi connectivity index (χ3v) is 3.34. The summed E-state index contributed by atoms with van der Waals surface area (Å²) in [6, 6.07) is 5.95. The summed E-state index contributed by atoms with van der Waals surface area (Å²) in [6.45, 7) is 0. The first-order valence-corrected chi connectivity index (χ1v) is 6.07. The molecular weight excluding hydrogens is 303 g/mol. The minimum atomic E-state index is -0.861. The van der Waals surface area contributed by atoms with Gasteiger partial charge in [-0.25, -0.2) is 4.39 Å². The molecule has 0 fully saturated rings. The summed E-state index contributed by atoms with van der Waals surface area (Å²) in [6.07, 6.45) is 0.397. The maximum Gasteiger partial charge on any atom is 0.303 e. The van der Waals surface area contributed by atoms with E-state index in [1.54, 1.807) is 12.1 Å². The first kappa shape index (κ1) is 12.8. The smallest absolute Gasteiger partial charge is 0.303 e. The van der Waals surface area contributed by atoms with Gasteiger partial charge in [-0.2, -0.15) is 5.10 Å². The number of nitrogens with one attached hydrogen (secondary N) is 1. The van der Waals surface area contributed by atoms with Gasteiger partial charge < -0.3 is 5.11 Å². The number of carbonyl (C=O) groups is 1. The maximum atomic E-state index is 12.8. The van der Waals surface area contributed by atoms with Crippen molar-refractivity contribution < 1.29 is 14.3 Å². The van der Waals surface area contributed by atoms with Crippen molar-refractivity contribution in [1.82, 2.24) is 10.2 Å². The number of benzene rings is 1. The van der Waals surface area contributed by atoms with Crippen LogP contribution in [0, 0.1) is 5.82 Å². The summed E-state index contributed by atoms with van der Waals surface area (Å²) >= 11 is 3.38. The molecule has 0 atom stereocenters. The van der Waals surface area contributed by atoms with E-state index in [0.717, 1.165) is 15.7 Å². The molecule has 2 aromatic rings. The van der Waals surface area contributed by atoms with E-state index in [1.807, 2.05) is 0 Å². The third kappa shape index (κ3) is 2.76. The molecule has 0 saturated heterocycles. The fraction of sp³-hybridized carbons (Fsp3) is 0.167. The average molecular weight is 313 g/mol. The molecule has 0 spiro atoms. The minimum absolute atomic E-state index is 0.0314. The summed E-state index contributed by atoms with van der Waals surface area (Å²) in [5.74, 6) is -1.17. The quantitative estimate of drug-likeness (QED) is 0.912. The van der Waals surface area contributed by atoms with Crippen LogP contribution < -0.4 is 0 Å². The molecule has 0 saturated carbocycles. The second-order valence-electron chi connectivity index (χ2n) is 3.77. The van der Waals surface area contributed by atoms with Gasteiger partial charge in [-0.15, -0.1) is 0 Å². The second-order valence-corrected chi connectivity index (χ2v) is 4.56. The summed E-state index contributed by atoms with van der Waals surface area (Å²) in [7, 11) is 0. The number of aromatic nitrogens is 2. The molecule has 0 aliphatic rings. The van der Waals surface area contributed by atoms with E-state index in [4.69, 9.17) is 5.11 Å². The van der Waals surface area contributed by atoms with Crippen LogP contribution in [0.2, 0.25) is 0 Å². The lowest BCUT2D eigenvalue weighted by Crippen LogP contribution is -1.98. The van der Waals surface area contributed by atoms with Crippen LogP contribution in [0.5, 0.6) is 0 Å². The highest BCUT2D eigenvalue weighted by atomic mass is 79.9. The van der Waals surface area contributed by atoms with Crippen LogP contribution in [0.1, 0.15) is 12.1 Å². The first-order valence-electron chi connectivity index (χ1n) is 5.28. The Labute approximate surface area is 111 Å². The van der Waals surface area contributed by atoms with Crippen LogP contribution in [0.25, 0.3) is 11.3 Å². The molecule has 6 heteroatoms. The molecule has 1 heterocycles. The lowest BCUT2D eigenvalue weighted by atomic mass is 10.1. The second kappa shape index (κ2) is 5.30. The van der Waals surface area contributed by atoms with E-state index in [-0.39, 0.29) is 12.2 Å². The highest BCUT2D eigenvalue weighted by molar-refractivity contribution is 9.10. The molecule has 0 aliphatic heterocycles. The standard InChI is InChI=1S/C12H10BrFN2O2/c13-11-9(5-6-10(17)18)15-16-12(11)7-1-3-8(14)4-2-7/h1-4H,5-6H2,(H,15,16)(H,17,18). The van der Waals surface area contributed by atoms with Gasteiger partial charge in [0.05, 0.1) is 16.6 Å². The van der Waals surface area contributed by atoms with E-state index >= 15 is 0 Å². The van der Waals surface area contributed by atoms with E-state index in [9.17, 15) is 9.18 Å². The van der Waals surface area contributed by atoms with Crippen LogP contribution in [0.15, 0.2) is 28.7 Å². The topological polar surface area (TPSA) is 66.0 Å². The fourth-order valence-electron chi connectivity index (χ4n) is 1.56. The van der Waals surface area contributed by atoms with E-state index in [2.05, 4.69) is 26.1 Å². The third-order valence-electron chi connectivity index (χ3n) is 2.48. The SMILES string of the molecule is O=C(O)CCc1[nH]nc(-c2ccc(F)cc2)c1Br. The van der Waals surface area contributed by atoms with Crippen molar-refractivity contribution >= 4 is 21.9 Å². The van der Waals surface area contributed by atoms with Crippen molar-refractivity contribution in [2.75, 3.05) is 0 Å². The van der Waals surface area contributed by atoms with Crippen molar-refractivity contribution in [3.05, 3.63) is 40.2 Å². The molecule has 94 valence electrons. The zero-order valence-electron chi connectivity index (χ0n) is 9.28. The molecule has 0 bridgehead atoms. The number of carboxylic acids is 1. The monoisotopic (exact) mass is 312 g/mol. The number of nitrogens with zero attached hydrogens (tertiary/aromatic N) is 1. The minimum Gasteiger partial charge on any atom is -0.481 e. The van der Waals surface area contributed by atoms with Gasteiger partial charge in [0, 0.05) is 12.0 Å². The molecule has 0 unspecified atom stereocenters. The lowest BCUT2D eigenvalue weighted by Gasteiger charge is -1.98. The molecule has 0 radical (unpaired) electrons. The number of hydrogen-bond acceptors (Lipinski definition) is 2. The Balaban J connectivity index is 2.25. The number of hydrogen-bond donors (Lipinski definition) is 2. The lowest BCUT2D eigenvalue weighted by molar-refractivity contribution is -0.136. The largest absolute Gasteiger partial charge is 0.481 e. The van der Waals surface area contributed by atoms with Crippen molar-refractivity contribution in [2.45, 2.75) is 12.8 Å². The van der Waals surface area contributed by atoms with Crippen LogP contribution in [-0.4, -0.2) is 21.3 Å². The summed E-state index contributed by atoms with van der Waals surface area (Å²) in [5.41, 5.74) is 2.13. The van der Waals surface area contributed by atoms with Gasteiger partial charge in [-0.3, -0.25) is 9.89 Å². The Morgan fingerprint density at radius 3 is 2.67 bits per heavy atom. The number of H-pyrrole nitrogens is 1. The normalized spacial score (nSPS) is 10.6. The maximum absolute atomic E-state index is 12.8. The fourth-order valence-corrected chi connectivity index (χ4v) is 2.17. The van der Waals surface area contributed by atoms with E-state index < -0.39 is 5.97 Å². The number of aromatic amines is 1. The van der Waals surface area contributed by atoms with Crippen molar-refractivity contribution in [1.29, 1.82) is 0 Å². The van der Waals surface area contributed by atoms with Gasteiger partial charge >= 0.3 is 5.97 Å². The number of aliphatic carboxylic acids is 1. The Bertz CT molecular complexity index is 566. The molecule has 4 nitrogen and oxygen atoms in total. The Hall–Kier alpha value is -1.69. The van der Waals surface area contributed by atoms with Crippen LogP contribution >= 0.6 is 15.9 Å². The van der Waals surface area contributed by atoms with Gasteiger partial charge in [0.15, 0.2) is 0 Å². The van der Waals surface area contributed by atoms with Gasteiger partial charge in [-0.05, 0) is 40.2 Å². The van der Waals surface area contributed by atoms with Gasteiger partial charge in [0.25, 0.3) is 0 Å². The van der Waals surface area contributed by atoms with E-state index in [1.165, 1.54) is 12.1 Å². The Morgan fingerprint density at radius 1 is 1.39 bits per heavy atom. The molecule has 18 heavy (non-hydrogen) atoms. The van der Waals surface area contributed by atoms with Gasteiger partial charge in [-0.1, -0.05) is 0 Å². The molecule has 1 aromatic heterocycles. The Kier molecular flexibility index (Phi) is 3.76. The molecule has 2 rings (SSSR count). The number of carboxylic acid groups (broad SMARTS) is 1. The molecular formula is C12H10BrFN2O2. The van der Waals surface area contributed by atoms with Gasteiger partial charge in [0.2, 0.25) is 0 Å². The summed E-state index contributed by atoms with van der Waals surface area (Å²) < 4.78 is 13.5. The first-order chi connectivity index (χ1) is 8.58. The van der Waals surface area contributed by atoms with Crippen molar-refractivity contribution in [2.24, 2.45) is 0 Å². The summed E-state index contributed by atoms with van der Waals surface area (Å²) in [4.78, 5) is 10.5. The molecule has 0 amide bonds. The highest BCUT2D eigenvalue weighted by Crippen LogP contribution is 2.29. The summed E-state index contributed by atoms with van der Waals surface area (Å²) in [5, 5.41) is 15.5. The van der Waals surface area contributed by atoms with Crippen LogP contribution in [-0.2, 0) is 11.2 Å².